The second-order valence-electron chi connectivity index (χ2n) is 5.95. The van der Waals surface area contributed by atoms with Crippen LogP contribution < -0.4 is 5.73 Å². The summed E-state index contributed by atoms with van der Waals surface area (Å²) in [6.45, 7) is 2.07. The number of nitrogens with zero attached hydrogens (tertiary/aromatic N) is 3. The van der Waals surface area contributed by atoms with E-state index in [9.17, 15) is 4.79 Å². The summed E-state index contributed by atoms with van der Waals surface area (Å²) in [7, 11) is 1.33. The number of benzene rings is 2. The van der Waals surface area contributed by atoms with Crippen LogP contribution >= 0.6 is 0 Å². The Morgan fingerprint density at radius 2 is 1.73 bits per heavy atom. The summed E-state index contributed by atoms with van der Waals surface area (Å²) >= 11 is 0. The molecule has 0 spiro atoms. The molecule has 2 aromatic carbocycles. The van der Waals surface area contributed by atoms with Crippen LogP contribution in [0.3, 0.4) is 0 Å². The number of carbonyl (C=O) groups excluding carboxylic acids is 1. The van der Waals surface area contributed by atoms with E-state index in [1.807, 2.05) is 48.5 Å². The number of rotatable bonds is 3. The minimum atomic E-state index is -0.523. The molecular formula is C20H18N4O2. The highest BCUT2D eigenvalue weighted by molar-refractivity contribution is 6.09. The Bertz CT molecular complexity index is 1150. The summed E-state index contributed by atoms with van der Waals surface area (Å²) in [4.78, 5) is 21.8. The number of nitrogen functional groups attached to an aromatic ring is 1. The maximum atomic E-state index is 12.4. The van der Waals surface area contributed by atoms with E-state index < -0.39 is 5.97 Å². The number of carbonyl (C=O) groups is 1. The molecule has 130 valence electrons. The predicted molar refractivity (Wildman–Crippen MR) is 102 cm³/mol. The van der Waals surface area contributed by atoms with Gasteiger partial charge in [-0.2, -0.15) is 0 Å². The van der Waals surface area contributed by atoms with Crippen molar-refractivity contribution >= 4 is 34.0 Å². The number of methoxy groups -OCH3 is 1. The highest BCUT2D eigenvalue weighted by atomic mass is 16.5. The first-order valence-electron chi connectivity index (χ1n) is 8.39. The lowest BCUT2D eigenvalue weighted by Gasteiger charge is -2.12. The molecule has 4 rings (SSSR count). The summed E-state index contributed by atoms with van der Waals surface area (Å²) in [5.41, 5.74) is 11.0. The first-order valence-corrected chi connectivity index (χ1v) is 8.39. The number of hydrogen-bond donors (Lipinski definition) is 1. The van der Waals surface area contributed by atoms with Crippen LogP contribution in [-0.2, 0) is 11.2 Å². The number of anilines is 1. The number of ether oxygens (including phenoxy) is 1. The molecule has 2 heterocycles. The van der Waals surface area contributed by atoms with Crippen LogP contribution in [0.4, 0.5) is 5.82 Å². The average Bonchev–Trinajstić information content (AvgIpc) is 2.96. The lowest BCUT2D eigenvalue weighted by Crippen LogP contribution is -2.08. The number of aryl methyl sites for hydroxylation is 1. The van der Waals surface area contributed by atoms with Gasteiger partial charge >= 0.3 is 5.97 Å². The Morgan fingerprint density at radius 3 is 2.42 bits per heavy atom. The van der Waals surface area contributed by atoms with Gasteiger partial charge in [-0.3, -0.25) is 4.57 Å². The predicted octanol–water partition coefficient (Wildman–Crippen LogP) is 3.50. The standard InChI is InChI=1S/C20H18N4O2/c1-3-12-8-4-7-11-15(12)24-18(21)16(20(25)26-2)17-19(24)23-14-10-6-5-9-13(14)22-17/h4-11H,3,21H2,1-2H3. The van der Waals surface area contributed by atoms with E-state index in [2.05, 4.69) is 11.9 Å². The first kappa shape index (κ1) is 16.1. The average molecular weight is 346 g/mol. The minimum absolute atomic E-state index is 0.242. The lowest BCUT2D eigenvalue weighted by atomic mass is 10.1. The van der Waals surface area contributed by atoms with E-state index in [-0.39, 0.29) is 11.4 Å². The molecule has 6 heteroatoms. The summed E-state index contributed by atoms with van der Waals surface area (Å²) in [5.74, 6) is -0.243. The fourth-order valence-corrected chi connectivity index (χ4v) is 3.24. The number of esters is 1. The van der Waals surface area contributed by atoms with Crippen molar-refractivity contribution in [3.8, 4) is 5.69 Å². The van der Waals surface area contributed by atoms with Crippen LogP contribution in [0.15, 0.2) is 48.5 Å². The van der Waals surface area contributed by atoms with Gasteiger partial charge in [0, 0.05) is 0 Å². The molecule has 2 N–H and O–H groups in total. The molecule has 0 bridgehead atoms. The van der Waals surface area contributed by atoms with Gasteiger partial charge in [0.05, 0.1) is 23.8 Å². The third-order valence-electron chi connectivity index (χ3n) is 4.50. The Balaban J connectivity index is 2.17. The molecule has 4 aromatic rings. The van der Waals surface area contributed by atoms with Gasteiger partial charge in [0.15, 0.2) is 5.65 Å². The zero-order valence-corrected chi connectivity index (χ0v) is 14.6. The minimum Gasteiger partial charge on any atom is -0.465 e. The van der Waals surface area contributed by atoms with E-state index in [0.717, 1.165) is 23.2 Å². The third-order valence-corrected chi connectivity index (χ3v) is 4.50. The topological polar surface area (TPSA) is 83.0 Å². The number of aromatic nitrogens is 3. The smallest absolute Gasteiger partial charge is 0.343 e. The second kappa shape index (κ2) is 6.15. The molecule has 0 radical (unpaired) electrons. The number of hydrogen-bond acceptors (Lipinski definition) is 5. The van der Waals surface area contributed by atoms with Gasteiger partial charge < -0.3 is 10.5 Å². The fourth-order valence-electron chi connectivity index (χ4n) is 3.24. The fraction of sp³-hybridized carbons (Fsp3) is 0.150. The molecular weight excluding hydrogens is 328 g/mol. The molecule has 0 saturated heterocycles. The van der Waals surface area contributed by atoms with Crippen LogP contribution in [0.25, 0.3) is 27.9 Å². The maximum Gasteiger partial charge on any atom is 0.343 e. The van der Waals surface area contributed by atoms with Crippen molar-refractivity contribution in [2.75, 3.05) is 12.8 Å². The molecule has 2 aromatic heterocycles. The van der Waals surface area contributed by atoms with Crippen LogP contribution in [-0.4, -0.2) is 27.6 Å². The van der Waals surface area contributed by atoms with Gasteiger partial charge in [-0.25, -0.2) is 14.8 Å². The summed E-state index contributed by atoms with van der Waals surface area (Å²) in [5, 5.41) is 0. The second-order valence-corrected chi connectivity index (χ2v) is 5.95. The summed E-state index contributed by atoms with van der Waals surface area (Å²) < 4.78 is 6.73. The van der Waals surface area contributed by atoms with Crippen molar-refractivity contribution in [2.24, 2.45) is 0 Å². The van der Waals surface area contributed by atoms with Crippen molar-refractivity contribution in [3.63, 3.8) is 0 Å². The molecule has 0 aliphatic rings. The molecule has 0 fully saturated rings. The van der Waals surface area contributed by atoms with Crippen molar-refractivity contribution in [2.45, 2.75) is 13.3 Å². The van der Waals surface area contributed by atoms with Crippen LogP contribution in [0, 0.1) is 0 Å². The van der Waals surface area contributed by atoms with E-state index in [0.29, 0.717) is 16.7 Å². The van der Waals surface area contributed by atoms with Gasteiger partial charge in [0.1, 0.15) is 16.9 Å². The summed E-state index contributed by atoms with van der Waals surface area (Å²) in [6.07, 6.45) is 0.823. The Labute approximate surface area is 150 Å². The van der Waals surface area contributed by atoms with Crippen LogP contribution in [0.1, 0.15) is 22.8 Å². The van der Waals surface area contributed by atoms with Gasteiger partial charge in [-0.15, -0.1) is 0 Å². The zero-order chi connectivity index (χ0) is 18.3. The quantitative estimate of drug-likeness (QED) is 0.574. The van der Waals surface area contributed by atoms with E-state index in [1.54, 1.807) is 4.57 Å². The highest BCUT2D eigenvalue weighted by Gasteiger charge is 2.25. The molecule has 6 nitrogen and oxygen atoms in total. The highest BCUT2D eigenvalue weighted by Crippen LogP contribution is 2.32. The van der Waals surface area contributed by atoms with Crippen LogP contribution in [0.2, 0.25) is 0 Å². The van der Waals surface area contributed by atoms with E-state index in [1.165, 1.54) is 7.11 Å². The lowest BCUT2D eigenvalue weighted by molar-refractivity contribution is 0.0604. The van der Waals surface area contributed by atoms with E-state index in [4.69, 9.17) is 15.5 Å². The van der Waals surface area contributed by atoms with Gasteiger partial charge in [-0.05, 0) is 30.2 Å². The molecule has 0 amide bonds. The van der Waals surface area contributed by atoms with Gasteiger partial charge in [-0.1, -0.05) is 37.3 Å². The Morgan fingerprint density at radius 1 is 1.08 bits per heavy atom. The van der Waals surface area contributed by atoms with Crippen molar-refractivity contribution in [3.05, 3.63) is 59.7 Å². The molecule has 0 aliphatic carbocycles. The Hall–Kier alpha value is -3.41. The monoisotopic (exact) mass is 346 g/mol. The van der Waals surface area contributed by atoms with Gasteiger partial charge in [0.25, 0.3) is 0 Å². The Kier molecular flexibility index (Phi) is 3.80. The van der Waals surface area contributed by atoms with Gasteiger partial charge in [0.2, 0.25) is 0 Å². The first-order chi connectivity index (χ1) is 12.7. The SMILES string of the molecule is CCc1ccccc1-n1c(N)c(C(=O)OC)c2nc3ccccc3nc21. The molecule has 0 saturated carbocycles. The van der Waals surface area contributed by atoms with Crippen molar-refractivity contribution in [1.29, 1.82) is 0 Å². The molecule has 0 aliphatic heterocycles. The number of nitrogens with two attached hydrogens (primary N) is 1. The summed E-state index contributed by atoms with van der Waals surface area (Å²) in [6, 6.07) is 15.4. The number of fused-ring (bicyclic) bond motifs is 2. The third kappa shape index (κ3) is 2.30. The molecule has 0 atom stereocenters. The maximum absolute atomic E-state index is 12.4. The largest absolute Gasteiger partial charge is 0.465 e. The molecule has 26 heavy (non-hydrogen) atoms. The van der Waals surface area contributed by atoms with Crippen LogP contribution in [0.5, 0.6) is 0 Å². The normalized spacial score (nSPS) is 11.2. The van der Waals surface area contributed by atoms with Crippen molar-refractivity contribution < 1.29 is 9.53 Å². The molecule has 0 unspecified atom stereocenters. The van der Waals surface area contributed by atoms with E-state index >= 15 is 0 Å². The number of para-hydroxylation sites is 3. The zero-order valence-electron chi connectivity index (χ0n) is 14.6. The van der Waals surface area contributed by atoms with Crippen molar-refractivity contribution in [1.82, 2.24) is 14.5 Å².